The molecule has 0 bridgehead atoms. The number of nitrogens with one attached hydrogen (secondary N) is 2. The molecule has 0 radical (unpaired) electrons. The smallest absolute Gasteiger partial charge is 0.345 e. The Morgan fingerprint density at radius 1 is 1.00 bits per heavy atom. The van der Waals surface area contributed by atoms with Crippen molar-refractivity contribution in [2.45, 2.75) is 19.8 Å². The number of H-pyrrole nitrogens is 1. The molecule has 4 rings (SSSR count). The zero-order valence-electron chi connectivity index (χ0n) is 18.8. The van der Waals surface area contributed by atoms with Crippen LogP contribution in [0.5, 0.6) is 5.75 Å². The fourth-order valence-corrected chi connectivity index (χ4v) is 3.87. The highest BCUT2D eigenvalue weighted by Gasteiger charge is 2.15. The molecule has 0 saturated heterocycles. The van der Waals surface area contributed by atoms with Gasteiger partial charge in [0.25, 0.3) is 0 Å². The fourth-order valence-electron chi connectivity index (χ4n) is 3.65. The first kappa shape index (κ1) is 23.4. The number of benzene rings is 3. The van der Waals surface area contributed by atoms with E-state index in [4.69, 9.17) is 21.1 Å². The van der Waals surface area contributed by atoms with Crippen molar-refractivity contribution in [2.24, 2.45) is 0 Å². The van der Waals surface area contributed by atoms with Gasteiger partial charge in [-0.1, -0.05) is 23.7 Å². The minimum Gasteiger partial charge on any atom is -0.462 e. The van der Waals surface area contributed by atoms with Gasteiger partial charge in [-0.15, -0.1) is 0 Å². The third-order valence-corrected chi connectivity index (χ3v) is 5.57. The van der Waals surface area contributed by atoms with Crippen LogP contribution in [0.1, 0.15) is 39.6 Å². The molecule has 0 aliphatic carbocycles. The number of aromatic nitrogens is 1. The van der Waals surface area contributed by atoms with Crippen molar-refractivity contribution < 1.29 is 19.1 Å². The third kappa shape index (κ3) is 5.77. The number of hydrogen-bond donors (Lipinski definition) is 2. The van der Waals surface area contributed by atoms with Gasteiger partial charge in [-0.25, -0.2) is 9.59 Å². The maximum Gasteiger partial charge on any atom is 0.345 e. The van der Waals surface area contributed by atoms with Crippen LogP contribution < -0.4 is 10.1 Å². The average molecular weight is 477 g/mol. The number of anilines is 1. The van der Waals surface area contributed by atoms with E-state index >= 15 is 0 Å². The van der Waals surface area contributed by atoms with Gasteiger partial charge in [-0.3, -0.25) is 0 Å². The van der Waals surface area contributed by atoms with Crippen molar-refractivity contribution in [1.82, 2.24) is 4.98 Å². The van der Waals surface area contributed by atoms with Gasteiger partial charge >= 0.3 is 11.9 Å². The Hall–Kier alpha value is -3.77. The van der Waals surface area contributed by atoms with E-state index in [2.05, 4.69) is 16.4 Å². The zero-order valence-corrected chi connectivity index (χ0v) is 19.5. The summed E-state index contributed by atoms with van der Waals surface area (Å²) in [6.45, 7) is 2.83. The quantitative estimate of drug-likeness (QED) is 0.169. The molecule has 0 aliphatic rings. The number of aryl methyl sites for hydroxylation is 1. The zero-order chi connectivity index (χ0) is 23.9. The maximum atomic E-state index is 12.8. The normalized spacial score (nSPS) is 10.8. The van der Waals surface area contributed by atoms with Crippen molar-refractivity contribution in [1.29, 1.82) is 0 Å². The SMILES string of the molecule is CCOC(=O)c1ccc(OC(=O)c2c[nH]c3ccc(NCCCc4cccc(Cl)c4)cc23)cc1. The van der Waals surface area contributed by atoms with Crippen LogP contribution in [-0.4, -0.2) is 30.1 Å². The Morgan fingerprint density at radius 3 is 2.59 bits per heavy atom. The molecule has 0 spiro atoms. The van der Waals surface area contributed by atoms with Crippen LogP contribution in [0.25, 0.3) is 10.9 Å². The topological polar surface area (TPSA) is 80.4 Å². The van der Waals surface area contributed by atoms with E-state index in [9.17, 15) is 9.59 Å². The molecular formula is C27H25ClN2O4. The van der Waals surface area contributed by atoms with Gasteiger partial charge in [0, 0.05) is 34.4 Å². The summed E-state index contributed by atoms with van der Waals surface area (Å²) in [6, 6.07) is 20.0. The van der Waals surface area contributed by atoms with Gasteiger partial charge in [-0.2, -0.15) is 0 Å². The molecular weight excluding hydrogens is 452 g/mol. The number of esters is 2. The molecule has 6 nitrogen and oxygen atoms in total. The first-order valence-corrected chi connectivity index (χ1v) is 11.5. The van der Waals surface area contributed by atoms with Crippen LogP contribution in [-0.2, 0) is 11.2 Å². The Balaban J connectivity index is 1.38. The number of hydrogen-bond acceptors (Lipinski definition) is 5. The van der Waals surface area contributed by atoms with Crippen LogP contribution in [0.3, 0.4) is 0 Å². The monoisotopic (exact) mass is 476 g/mol. The van der Waals surface area contributed by atoms with E-state index in [-0.39, 0.29) is 0 Å². The van der Waals surface area contributed by atoms with Crippen molar-refractivity contribution >= 4 is 40.1 Å². The lowest BCUT2D eigenvalue weighted by Crippen LogP contribution is -2.09. The molecule has 0 unspecified atom stereocenters. The van der Waals surface area contributed by atoms with Crippen molar-refractivity contribution in [2.75, 3.05) is 18.5 Å². The van der Waals surface area contributed by atoms with Crippen LogP contribution in [0.2, 0.25) is 5.02 Å². The van der Waals surface area contributed by atoms with Crippen molar-refractivity contribution in [3.63, 3.8) is 0 Å². The van der Waals surface area contributed by atoms with Gasteiger partial charge in [0.2, 0.25) is 0 Å². The summed E-state index contributed by atoms with van der Waals surface area (Å²) in [5, 5.41) is 4.93. The molecule has 0 atom stereocenters. The molecule has 1 heterocycles. The Kier molecular flexibility index (Phi) is 7.50. The molecule has 4 aromatic rings. The number of halogens is 1. The van der Waals surface area contributed by atoms with Crippen LogP contribution in [0, 0.1) is 0 Å². The number of fused-ring (bicyclic) bond motifs is 1. The first-order valence-electron chi connectivity index (χ1n) is 11.1. The lowest BCUT2D eigenvalue weighted by molar-refractivity contribution is 0.0526. The highest BCUT2D eigenvalue weighted by atomic mass is 35.5. The van der Waals surface area contributed by atoms with Crippen LogP contribution in [0.4, 0.5) is 5.69 Å². The Morgan fingerprint density at radius 2 is 1.82 bits per heavy atom. The van der Waals surface area contributed by atoms with E-state index in [0.717, 1.165) is 41.0 Å². The average Bonchev–Trinajstić information content (AvgIpc) is 3.26. The number of ether oxygens (including phenoxy) is 2. The van der Waals surface area contributed by atoms with Gasteiger partial charge in [0.1, 0.15) is 5.75 Å². The van der Waals surface area contributed by atoms with Gasteiger partial charge in [0.05, 0.1) is 17.7 Å². The molecule has 174 valence electrons. The largest absolute Gasteiger partial charge is 0.462 e. The second-order valence-electron chi connectivity index (χ2n) is 7.76. The van der Waals surface area contributed by atoms with Crippen LogP contribution in [0.15, 0.2) is 72.9 Å². The van der Waals surface area contributed by atoms with E-state index < -0.39 is 11.9 Å². The lowest BCUT2D eigenvalue weighted by atomic mass is 10.1. The predicted molar refractivity (Wildman–Crippen MR) is 134 cm³/mol. The summed E-state index contributed by atoms with van der Waals surface area (Å²) in [4.78, 5) is 27.7. The van der Waals surface area contributed by atoms with E-state index in [1.165, 1.54) is 5.56 Å². The maximum absolute atomic E-state index is 12.8. The third-order valence-electron chi connectivity index (χ3n) is 5.34. The Bertz CT molecular complexity index is 1300. The minimum atomic E-state index is -0.478. The molecule has 34 heavy (non-hydrogen) atoms. The minimum absolute atomic E-state index is 0.300. The van der Waals surface area contributed by atoms with Crippen LogP contribution >= 0.6 is 11.6 Å². The summed E-state index contributed by atoms with van der Waals surface area (Å²) in [7, 11) is 0. The van der Waals surface area contributed by atoms with Gasteiger partial charge < -0.3 is 19.8 Å². The van der Waals surface area contributed by atoms with E-state index in [1.807, 2.05) is 36.4 Å². The Labute approximate surface area is 202 Å². The van der Waals surface area contributed by atoms with Gasteiger partial charge in [0.15, 0.2) is 0 Å². The molecule has 0 amide bonds. The summed E-state index contributed by atoms with van der Waals surface area (Å²) in [5.41, 5.74) is 3.81. The molecule has 3 aromatic carbocycles. The second kappa shape index (κ2) is 10.9. The highest BCUT2D eigenvalue weighted by Crippen LogP contribution is 2.24. The molecule has 0 saturated carbocycles. The summed E-state index contributed by atoms with van der Waals surface area (Å²) >= 11 is 6.05. The lowest BCUT2D eigenvalue weighted by Gasteiger charge is -2.08. The molecule has 1 aromatic heterocycles. The first-order chi connectivity index (χ1) is 16.5. The standard InChI is InChI=1S/C27H25ClN2O4/c1-2-33-26(31)19-8-11-22(12-9-19)34-27(32)24-17-30-25-13-10-21(16-23(24)25)29-14-4-6-18-5-3-7-20(28)15-18/h3,5,7-13,15-17,29-30H,2,4,6,14H2,1H3. The number of carbonyl (C=O) groups is 2. The fraction of sp³-hybridized carbons (Fsp3) is 0.185. The molecule has 0 fully saturated rings. The van der Waals surface area contributed by atoms with E-state index in [1.54, 1.807) is 37.4 Å². The second-order valence-corrected chi connectivity index (χ2v) is 8.19. The molecule has 7 heteroatoms. The van der Waals surface area contributed by atoms with Crippen molar-refractivity contribution in [3.05, 3.63) is 94.6 Å². The summed E-state index contributed by atoms with van der Waals surface area (Å²) in [6.07, 6.45) is 3.51. The van der Waals surface area contributed by atoms with Crippen molar-refractivity contribution in [3.8, 4) is 5.75 Å². The van der Waals surface area contributed by atoms with E-state index in [0.29, 0.717) is 23.5 Å². The van der Waals surface area contributed by atoms with Gasteiger partial charge in [-0.05, 0) is 79.9 Å². The predicted octanol–water partition coefficient (Wildman–Crippen LogP) is 6.26. The molecule has 0 aliphatic heterocycles. The number of aromatic amines is 1. The molecule has 2 N–H and O–H groups in total. The summed E-state index contributed by atoms with van der Waals surface area (Å²) < 4.78 is 10.5. The number of carbonyl (C=O) groups excluding carboxylic acids is 2. The number of rotatable bonds is 9. The summed E-state index contributed by atoms with van der Waals surface area (Å²) in [5.74, 6) is -0.541. The highest BCUT2D eigenvalue weighted by molar-refractivity contribution is 6.30.